The van der Waals surface area contributed by atoms with E-state index in [1.54, 1.807) is 16.9 Å². The molecule has 2 N–H and O–H groups in total. The lowest BCUT2D eigenvalue weighted by Crippen LogP contribution is -2.47. The van der Waals surface area contributed by atoms with Crippen molar-refractivity contribution in [2.24, 2.45) is 23.2 Å². The normalized spacial score (nSPS) is 33.1. The molecule has 0 spiro atoms. The van der Waals surface area contributed by atoms with Crippen LogP contribution in [0.25, 0.3) is 11.1 Å². The number of thiophene rings is 1. The van der Waals surface area contributed by atoms with Gasteiger partial charge in [0.1, 0.15) is 0 Å². The molecule has 4 saturated carbocycles. The smallest absolute Gasteiger partial charge is 0.0950 e. The van der Waals surface area contributed by atoms with Crippen LogP contribution in [0.3, 0.4) is 0 Å². The van der Waals surface area contributed by atoms with Crippen molar-refractivity contribution in [3.63, 3.8) is 0 Å². The minimum Gasteiger partial charge on any atom is -0.390 e. The Bertz CT molecular complexity index is 742. The van der Waals surface area contributed by atoms with Gasteiger partial charge in [0.05, 0.1) is 9.21 Å². The number of nitrogens with two attached hydrogens (primary N) is 1. The number of hydrogen-bond donors (Lipinski definition) is 1. The van der Waals surface area contributed by atoms with Crippen LogP contribution in [0.15, 0.2) is 34.5 Å². The second kappa shape index (κ2) is 6.06. The zero-order valence-electron chi connectivity index (χ0n) is 15.0. The summed E-state index contributed by atoms with van der Waals surface area (Å²) in [5.74, 6) is 3.04. The van der Waals surface area contributed by atoms with E-state index in [1.807, 2.05) is 11.8 Å². The van der Waals surface area contributed by atoms with Gasteiger partial charge in [0.15, 0.2) is 0 Å². The van der Waals surface area contributed by atoms with E-state index in [2.05, 4.69) is 36.6 Å². The van der Waals surface area contributed by atoms with E-state index in [0.29, 0.717) is 5.41 Å². The van der Waals surface area contributed by atoms with E-state index in [1.165, 1.54) is 60.3 Å². The van der Waals surface area contributed by atoms with Gasteiger partial charge in [-0.3, -0.25) is 0 Å². The van der Waals surface area contributed by atoms with Gasteiger partial charge in [-0.2, -0.15) is 0 Å². The maximum absolute atomic E-state index is 6.52. The number of nitrogen functional groups attached to an aromatic ring is 1. The first kappa shape index (κ1) is 16.3. The summed E-state index contributed by atoms with van der Waals surface area (Å²) >= 11 is 3.70. The van der Waals surface area contributed by atoms with Crippen molar-refractivity contribution in [3.05, 3.63) is 35.9 Å². The van der Waals surface area contributed by atoms with Gasteiger partial charge in [-0.15, -0.1) is 23.1 Å². The minimum atomic E-state index is 0.566. The monoisotopic (exact) mass is 369 g/mol. The first-order chi connectivity index (χ1) is 12.2. The van der Waals surface area contributed by atoms with E-state index in [4.69, 9.17) is 5.73 Å². The SMILES string of the molecule is CSc1sc(N)c(-c2ccccc2)c1CC12CC3CC(CC(C3)C1)C2. The number of hydrogen-bond acceptors (Lipinski definition) is 3. The molecule has 4 fully saturated rings. The van der Waals surface area contributed by atoms with Gasteiger partial charge in [0.2, 0.25) is 0 Å². The molecule has 1 heterocycles. The summed E-state index contributed by atoms with van der Waals surface area (Å²) in [4.78, 5) is 0. The molecule has 1 nitrogen and oxygen atoms in total. The van der Waals surface area contributed by atoms with Crippen molar-refractivity contribution >= 4 is 28.1 Å². The van der Waals surface area contributed by atoms with Gasteiger partial charge in [-0.05, 0) is 85.5 Å². The predicted octanol–water partition coefficient (Wildman–Crippen LogP) is 6.48. The molecule has 0 unspecified atom stereocenters. The fraction of sp³-hybridized carbons (Fsp3) is 0.545. The predicted molar refractivity (Wildman–Crippen MR) is 110 cm³/mol. The Morgan fingerprint density at radius 1 is 1.04 bits per heavy atom. The quantitative estimate of drug-likeness (QED) is 0.624. The van der Waals surface area contributed by atoms with Gasteiger partial charge >= 0.3 is 0 Å². The van der Waals surface area contributed by atoms with Crippen molar-refractivity contribution in [2.45, 2.75) is 49.2 Å². The first-order valence-corrected chi connectivity index (χ1v) is 11.7. The molecule has 4 aliphatic carbocycles. The van der Waals surface area contributed by atoms with E-state index >= 15 is 0 Å². The molecule has 2 aromatic rings. The molecule has 3 heteroatoms. The summed E-state index contributed by atoms with van der Waals surface area (Å²) in [5, 5.41) is 1.01. The highest BCUT2D eigenvalue weighted by Crippen LogP contribution is 2.62. The molecule has 6 rings (SSSR count). The average molecular weight is 370 g/mol. The van der Waals surface area contributed by atoms with Crippen LogP contribution in [0, 0.1) is 23.2 Å². The minimum absolute atomic E-state index is 0.566. The Balaban J connectivity index is 1.56. The molecule has 132 valence electrons. The maximum Gasteiger partial charge on any atom is 0.0950 e. The van der Waals surface area contributed by atoms with Crippen LogP contribution in [0.4, 0.5) is 5.00 Å². The Labute approximate surface area is 159 Å². The molecular formula is C22H27NS2. The molecule has 0 saturated heterocycles. The topological polar surface area (TPSA) is 26.0 Å². The van der Waals surface area contributed by atoms with Crippen molar-refractivity contribution in [1.29, 1.82) is 0 Å². The van der Waals surface area contributed by atoms with Crippen LogP contribution in [0.5, 0.6) is 0 Å². The Morgan fingerprint density at radius 2 is 1.64 bits per heavy atom. The van der Waals surface area contributed by atoms with E-state index in [-0.39, 0.29) is 0 Å². The number of benzene rings is 1. The summed E-state index contributed by atoms with van der Waals surface area (Å²) in [7, 11) is 0. The molecule has 4 aliphatic rings. The zero-order valence-corrected chi connectivity index (χ0v) is 16.6. The van der Waals surface area contributed by atoms with Crippen molar-refractivity contribution in [3.8, 4) is 11.1 Å². The van der Waals surface area contributed by atoms with Gasteiger partial charge < -0.3 is 5.73 Å². The lowest BCUT2D eigenvalue weighted by Gasteiger charge is -2.57. The van der Waals surface area contributed by atoms with E-state index in [0.717, 1.165) is 22.8 Å². The molecule has 0 atom stereocenters. The number of anilines is 1. The molecule has 25 heavy (non-hydrogen) atoms. The van der Waals surface area contributed by atoms with Crippen molar-refractivity contribution in [2.75, 3.05) is 12.0 Å². The van der Waals surface area contributed by atoms with Crippen LogP contribution in [0.1, 0.15) is 44.1 Å². The highest BCUT2D eigenvalue weighted by atomic mass is 32.2. The third kappa shape index (κ3) is 2.75. The van der Waals surface area contributed by atoms with Gasteiger partial charge in [-0.25, -0.2) is 0 Å². The molecular weight excluding hydrogens is 342 g/mol. The summed E-state index contributed by atoms with van der Waals surface area (Å²) in [6, 6.07) is 10.8. The van der Waals surface area contributed by atoms with Crippen LogP contribution in [-0.2, 0) is 6.42 Å². The fourth-order valence-electron chi connectivity index (χ4n) is 6.59. The second-order valence-electron chi connectivity index (χ2n) is 8.77. The number of rotatable bonds is 4. The third-order valence-corrected chi connectivity index (χ3v) is 9.18. The van der Waals surface area contributed by atoms with Crippen molar-refractivity contribution in [1.82, 2.24) is 0 Å². The highest BCUT2D eigenvalue weighted by molar-refractivity contribution is 8.00. The van der Waals surface area contributed by atoms with Crippen LogP contribution >= 0.6 is 23.1 Å². The lowest BCUT2D eigenvalue weighted by atomic mass is 9.48. The lowest BCUT2D eigenvalue weighted by molar-refractivity contribution is -0.0523. The maximum atomic E-state index is 6.52. The van der Waals surface area contributed by atoms with Gasteiger partial charge in [0.25, 0.3) is 0 Å². The number of thioether (sulfide) groups is 1. The summed E-state index contributed by atoms with van der Waals surface area (Å²) in [5.41, 5.74) is 11.3. The van der Waals surface area contributed by atoms with Crippen LogP contribution in [0.2, 0.25) is 0 Å². The van der Waals surface area contributed by atoms with Crippen LogP contribution < -0.4 is 5.73 Å². The Hall–Kier alpha value is -0.930. The molecule has 0 amide bonds. The highest BCUT2D eigenvalue weighted by Gasteiger charge is 2.51. The first-order valence-electron chi connectivity index (χ1n) is 9.66. The summed E-state index contributed by atoms with van der Waals surface area (Å²) < 4.78 is 1.45. The Morgan fingerprint density at radius 3 is 2.20 bits per heavy atom. The molecule has 4 bridgehead atoms. The summed E-state index contributed by atoms with van der Waals surface area (Å²) in [6.07, 6.45) is 12.4. The third-order valence-electron chi connectivity index (χ3n) is 6.96. The van der Waals surface area contributed by atoms with Crippen LogP contribution in [-0.4, -0.2) is 6.26 Å². The standard InChI is InChI=1S/C22H27NS2/c1-24-21-18(19(20(23)25-21)17-5-3-2-4-6-17)13-22-10-14-7-15(11-22)9-16(8-14)12-22/h2-6,14-16H,7-13,23H2,1H3. The molecule has 1 aromatic carbocycles. The van der Waals surface area contributed by atoms with E-state index < -0.39 is 0 Å². The van der Waals surface area contributed by atoms with E-state index in [9.17, 15) is 0 Å². The fourth-order valence-corrected chi connectivity index (χ4v) is 8.46. The van der Waals surface area contributed by atoms with Gasteiger partial charge in [-0.1, -0.05) is 30.3 Å². The van der Waals surface area contributed by atoms with Gasteiger partial charge in [0, 0.05) is 5.56 Å². The largest absolute Gasteiger partial charge is 0.390 e. The molecule has 0 aliphatic heterocycles. The molecule has 0 radical (unpaired) electrons. The summed E-state index contributed by atoms with van der Waals surface area (Å²) in [6.45, 7) is 0. The molecule has 1 aromatic heterocycles. The van der Waals surface area contributed by atoms with Crippen molar-refractivity contribution < 1.29 is 0 Å². The zero-order chi connectivity index (χ0) is 17.0. The average Bonchev–Trinajstić information content (AvgIpc) is 2.89. The Kier molecular flexibility index (Phi) is 3.94. The second-order valence-corrected chi connectivity index (χ2v) is 10.9.